The van der Waals surface area contributed by atoms with Crippen molar-refractivity contribution in [1.82, 2.24) is 14.5 Å². The summed E-state index contributed by atoms with van der Waals surface area (Å²) in [5, 5.41) is 15.1. The smallest absolute Gasteiger partial charge is 0.340 e. The normalized spacial score (nSPS) is 18.2. The first kappa shape index (κ1) is 18.2. The molecule has 0 amide bonds. The van der Waals surface area contributed by atoms with Gasteiger partial charge in [-0.25, -0.2) is 14.2 Å². The van der Waals surface area contributed by atoms with Gasteiger partial charge in [0.05, 0.1) is 10.3 Å². The lowest BCUT2D eigenvalue weighted by Gasteiger charge is -2.28. The topological polar surface area (TPSA) is 80.0 Å². The molecule has 28 heavy (non-hydrogen) atoms. The van der Waals surface area contributed by atoms with Crippen LogP contribution in [-0.4, -0.2) is 25.6 Å². The van der Waals surface area contributed by atoms with Gasteiger partial charge >= 0.3 is 5.97 Å². The van der Waals surface area contributed by atoms with Gasteiger partial charge in [-0.3, -0.25) is 0 Å². The van der Waals surface area contributed by atoms with Crippen LogP contribution in [-0.2, 0) is 4.79 Å². The molecule has 3 heterocycles. The van der Waals surface area contributed by atoms with Crippen LogP contribution in [0.3, 0.4) is 0 Å². The first-order chi connectivity index (χ1) is 13.6. The highest BCUT2D eigenvalue weighted by atomic mass is 32.2. The average Bonchev–Trinajstić information content (AvgIpc) is 3.31. The molecule has 4 rings (SSSR count). The Morgan fingerprint density at radius 1 is 1.39 bits per heavy atom. The van der Waals surface area contributed by atoms with Crippen molar-refractivity contribution in [1.29, 1.82) is 0 Å². The Labute approximate surface area is 163 Å². The fraction of sp³-hybridized carbons (Fsp3) is 0.100. The van der Waals surface area contributed by atoms with Crippen LogP contribution >= 0.6 is 10.9 Å². The molecule has 0 saturated carbocycles. The number of benzene rings is 1. The number of thiol groups is 1. The molecule has 0 aliphatic carbocycles. The summed E-state index contributed by atoms with van der Waals surface area (Å²) in [5.74, 6) is -0.922. The lowest BCUT2D eigenvalue weighted by Crippen LogP contribution is -2.11. The Morgan fingerprint density at radius 3 is 3.00 bits per heavy atom. The molecule has 1 aliphatic rings. The predicted octanol–water partition coefficient (Wildman–Crippen LogP) is 4.53. The van der Waals surface area contributed by atoms with E-state index in [0.717, 1.165) is 5.39 Å². The van der Waals surface area contributed by atoms with Gasteiger partial charge in [-0.1, -0.05) is 19.1 Å². The number of aromatic nitrogens is 3. The van der Waals surface area contributed by atoms with Gasteiger partial charge in [-0.05, 0) is 42.2 Å². The average molecular weight is 397 g/mol. The number of aliphatic carboxylic acids is 1. The van der Waals surface area contributed by atoms with Crippen molar-refractivity contribution >= 4 is 39.5 Å². The second-order valence-electron chi connectivity index (χ2n) is 6.21. The largest absolute Gasteiger partial charge is 0.477 e. The zero-order chi connectivity index (χ0) is 19.7. The summed E-state index contributed by atoms with van der Waals surface area (Å²) in [4.78, 5) is 20.8. The van der Waals surface area contributed by atoms with Gasteiger partial charge < -0.3 is 15.0 Å². The van der Waals surface area contributed by atoms with Gasteiger partial charge in [-0.2, -0.15) is 15.9 Å². The molecule has 3 aromatic rings. The standard InChI is InChI=1S/C20H18FN4O2S/c1-2-17(28-10-4-7-16(28)19(26)27)25-9-8-13-12-22-20(24-18(13)25)23-15-6-3-5-14(21)11-15/h3-12,17,28H,1-2H2,(H,26,27)(H,22,23,24). The SMILES string of the molecule is [CH2]CC(n1ccc2cnc(Nc3cccc(F)c3)nc21)[SH]1C=CC=C1C(=O)O. The number of allylic oxidation sites excluding steroid dienone is 2. The van der Waals surface area contributed by atoms with E-state index in [-0.39, 0.29) is 11.2 Å². The van der Waals surface area contributed by atoms with Gasteiger partial charge in [-0.15, -0.1) is 0 Å². The lowest BCUT2D eigenvalue weighted by atomic mass is 10.3. The van der Waals surface area contributed by atoms with Crippen LogP contribution in [0.15, 0.2) is 65.2 Å². The molecule has 0 saturated heterocycles. The van der Waals surface area contributed by atoms with Crippen LogP contribution in [0.4, 0.5) is 16.0 Å². The number of carboxylic acids is 1. The maximum Gasteiger partial charge on any atom is 0.340 e. The summed E-state index contributed by atoms with van der Waals surface area (Å²) >= 11 is 0. The van der Waals surface area contributed by atoms with Crippen LogP contribution in [0.25, 0.3) is 11.0 Å². The fourth-order valence-electron chi connectivity index (χ4n) is 3.18. The van der Waals surface area contributed by atoms with Crippen molar-refractivity contribution in [2.75, 3.05) is 5.32 Å². The van der Waals surface area contributed by atoms with E-state index in [2.05, 4.69) is 22.2 Å². The fourth-order valence-corrected chi connectivity index (χ4v) is 5.34. The summed E-state index contributed by atoms with van der Waals surface area (Å²) in [6.45, 7) is 4.03. The Morgan fingerprint density at radius 2 is 2.25 bits per heavy atom. The maximum atomic E-state index is 13.4. The van der Waals surface area contributed by atoms with Crippen LogP contribution in [0.5, 0.6) is 0 Å². The highest BCUT2D eigenvalue weighted by molar-refractivity contribution is 8.23. The molecule has 2 unspecified atom stereocenters. The number of nitrogens with zero attached hydrogens (tertiary/aromatic N) is 3. The number of anilines is 2. The van der Waals surface area contributed by atoms with Gasteiger partial charge in [0, 0.05) is 23.5 Å². The summed E-state index contributed by atoms with van der Waals surface area (Å²) in [6.07, 6.45) is 7.52. The molecule has 143 valence electrons. The van der Waals surface area contributed by atoms with Crippen LogP contribution < -0.4 is 5.32 Å². The second-order valence-corrected chi connectivity index (χ2v) is 8.40. The minimum absolute atomic E-state index is 0.134. The summed E-state index contributed by atoms with van der Waals surface area (Å²) < 4.78 is 15.4. The molecule has 6 nitrogen and oxygen atoms in total. The molecule has 0 spiro atoms. The van der Waals surface area contributed by atoms with Crippen LogP contribution in [0, 0.1) is 12.7 Å². The van der Waals surface area contributed by atoms with Crippen LogP contribution in [0.2, 0.25) is 0 Å². The van der Waals surface area contributed by atoms with Crippen molar-refractivity contribution < 1.29 is 14.3 Å². The quantitative estimate of drug-likeness (QED) is 0.533. The predicted molar refractivity (Wildman–Crippen MR) is 110 cm³/mol. The Kier molecular flexibility index (Phi) is 4.87. The van der Waals surface area contributed by atoms with E-state index in [0.29, 0.717) is 28.6 Å². The summed E-state index contributed by atoms with van der Waals surface area (Å²) in [6, 6.07) is 7.95. The Bertz CT molecular complexity index is 1110. The lowest BCUT2D eigenvalue weighted by molar-refractivity contribution is -0.131. The number of halogens is 1. The van der Waals surface area contributed by atoms with E-state index < -0.39 is 16.9 Å². The number of rotatable bonds is 6. The van der Waals surface area contributed by atoms with E-state index in [4.69, 9.17) is 0 Å². The molecule has 0 fully saturated rings. The van der Waals surface area contributed by atoms with Crippen molar-refractivity contribution in [2.45, 2.75) is 11.8 Å². The minimum atomic E-state index is -1.05. The first-order valence-electron chi connectivity index (χ1n) is 8.62. The molecule has 0 bridgehead atoms. The molecule has 1 aliphatic heterocycles. The van der Waals surface area contributed by atoms with Crippen molar-refractivity contribution in [3.63, 3.8) is 0 Å². The molecule has 2 aromatic heterocycles. The number of fused-ring (bicyclic) bond motifs is 1. The van der Waals surface area contributed by atoms with Gasteiger partial charge in [0.2, 0.25) is 5.95 Å². The van der Waals surface area contributed by atoms with Gasteiger partial charge in [0.25, 0.3) is 0 Å². The summed E-state index contributed by atoms with van der Waals surface area (Å²) in [7, 11) is -1.05. The number of hydrogen-bond acceptors (Lipinski definition) is 4. The van der Waals surface area contributed by atoms with Crippen molar-refractivity contribution in [3.05, 3.63) is 77.9 Å². The number of hydrogen-bond donors (Lipinski definition) is 3. The van der Waals surface area contributed by atoms with E-state index in [1.54, 1.807) is 30.5 Å². The van der Waals surface area contributed by atoms with Crippen molar-refractivity contribution in [2.24, 2.45) is 0 Å². The van der Waals surface area contributed by atoms with Gasteiger partial charge in [0.15, 0.2) is 0 Å². The molecule has 1 radical (unpaired) electrons. The summed E-state index contributed by atoms with van der Waals surface area (Å²) in [5.41, 5.74) is 1.22. The number of nitrogens with one attached hydrogen (secondary N) is 1. The molecule has 2 N–H and O–H groups in total. The molecule has 2 atom stereocenters. The highest BCUT2D eigenvalue weighted by Gasteiger charge is 2.27. The zero-order valence-corrected chi connectivity index (χ0v) is 15.7. The third-order valence-corrected chi connectivity index (χ3v) is 6.97. The van der Waals surface area contributed by atoms with E-state index in [9.17, 15) is 14.3 Å². The zero-order valence-electron chi connectivity index (χ0n) is 14.8. The third-order valence-electron chi connectivity index (χ3n) is 4.43. The molecular formula is C20H18FN4O2S. The first-order valence-corrected chi connectivity index (χ1v) is 10.1. The number of carbonyl (C=O) groups is 1. The van der Waals surface area contributed by atoms with E-state index >= 15 is 0 Å². The minimum Gasteiger partial charge on any atom is -0.477 e. The van der Waals surface area contributed by atoms with E-state index in [1.165, 1.54) is 12.1 Å². The molecule has 1 aromatic carbocycles. The van der Waals surface area contributed by atoms with E-state index in [1.807, 2.05) is 22.2 Å². The second kappa shape index (κ2) is 7.47. The maximum absolute atomic E-state index is 13.4. The monoisotopic (exact) mass is 397 g/mol. The number of carboxylic acid groups (broad SMARTS) is 1. The van der Waals surface area contributed by atoms with Crippen LogP contribution in [0.1, 0.15) is 11.8 Å². The third kappa shape index (κ3) is 3.38. The highest BCUT2D eigenvalue weighted by Crippen LogP contribution is 2.52. The van der Waals surface area contributed by atoms with Crippen molar-refractivity contribution in [3.8, 4) is 0 Å². The molecule has 8 heteroatoms. The Balaban J connectivity index is 1.70. The van der Waals surface area contributed by atoms with Gasteiger partial charge in [0.1, 0.15) is 11.5 Å². The molecular weight excluding hydrogens is 379 g/mol. The Hall–Kier alpha value is -3.13.